The molecule has 0 saturated heterocycles. The Kier molecular flexibility index (Phi) is 7.98. The Bertz CT molecular complexity index is 622. The van der Waals surface area contributed by atoms with Crippen molar-refractivity contribution in [2.75, 3.05) is 0 Å². The van der Waals surface area contributed by atoms with Gasteiger partial charge >= 0.3 is 23.0 Å². The van der Waals surface area contributed by atoms with E-state index < -0.39 is 0 Å². The molecule has 0 heterocycles. The molecule has 0 spiro atoms. The van der Waals surface area contributed by atoms with E-state index >= 15 is 0 Å². The van der Waals surface area contributed by atoms with Crippen LogP contribution >= 0.6 is 0 Å². The quantitative estimate of drug-likeness (QED) is 0.399. The first-order chi connectivity index (χ1) is 10.3. The van der Waals surface area contributed by atoms with Gasteiger partial charge in [0.05, 0.1) is 0 Å². The molecule has 3 aromatic rings. The summed E-state index contributed by atoms with van der Waals surface area (Å²) in [7, 11) is 0. The third-order valence-corrected chi connectivity index (χ3v) is 2.98. The summed E-state index contributed by atoms with van der Waals surface area (Å²) < 4.78 is 5.01. The van der Waals surface area contributed by atoms with Crippen molar-refractivity contribution in [3.63, 3.8) is 0 Å². The summed E-state index contributed by atoms with van der Waals surface area (Å²) >= 11 is 0. The molecule has 2 nitrogen and oxygen atoms in total. The first kappa shape index (κ1) is 18.0. The van der Waals surface area contributed by atoms with E-state index in [1.807, 2.05) is 78.9 Å². The van der Waals surface area contributed by atoms with Crippen molar-refractivity contribution in [3.8, 4) is 11.1 Å². The Labute approximate surface area is 141 Å². The van der Waals surface area contributed by atoms with Crippen molar-refractivity contribution in [3.05, 3.63) is 84.4 Å². The molecule has 3 heteroatoms. The van der Waals surface area contributed by atoms with Crippen LogP contribution in [0.15, 0.2) is 78.9 Å². The van der Waals surface area contributed by atoms with Crippen molar-refractivity contribution >= 4 is 5.97 Å². The molecule has 0 radical (unpaired) electrons. The minimum atomic E-state index is -0.250. The van der Waals surface area contributed by atoms with Gasteiger partial charge in [0.15, 0.2) is 0 Å². The van der Waals surface area contributed by atoms with Gasteiger partial charge in [0.2, 0.25) is 0 Å². The number of carbonyl (C=O) groups is 1. The number of ether oxygens (including phenoxy) is 1. The minimum absolute atomic E-state index is 0. The van der Waals surface area contributed by atoms with Crippen LogP contribution in [0.4, 0.5) is 0 Å². The Hall–Kier alpha value is -2.09. The van der Waals surface area contributed by atoms with Crippen LogP contribution in [0.3, 0.4) is 0 Å². The Morgan fingerprint density at radius 2 is 1.73 bits per heavy atom. The largest absolute Gasteiger partial charge is 2.00 e. The second kappa shape index (κ2) is 9.77. The maximum Gasteiger partial charge on any atom is 2.00 e. The van der Waals surface area contributed by atoms with E-state index in [2.05, 4.69) is 0 Å². The second-order valence-corrected chi connectivity index (χ2v) is 4.57. The number of carbonyl (C=O) groups excluding carboxylic acids is 1. The summed E-state index contributed by atoms with van der Waals surface area (Å²) in [5.41, 5.74) is 3.32. The van der Waals surface area contributed by atoms with Gasteiger partial charge in [-0.05, 0) is 0 Å². The zero-order chi connectivity index (χ0) is 14.9. The fourth-order valence-corrected chi connectivity index (χ4v) is 1.98. The van der Waals surface area contributed by atoms with Gasteiger partial charge in [-0.1, -0.05) is 29.3 Å². The summed E-state index contributed by atoms with van der Waals surface area (Å²) in [6.45, 7) is 1.76. The molecule has 3 rings (SSSR count). The Balaban J connectivity index is 0.000000344. The predicted octanol–water partition coefficient (Wildman–Crippen LogP) is 4.54. The topological polar surface area (TPSA) is 26.3 Å². The molecule has 3 aromatic carbocycles. The normalized spacial score (nSPS) is 9.14. The number of hydrogen-bond acceptors (Lipinski definition) is 2. The van der Waals surface area contributed by atoms with Crippen molar-refractivity contribution in [2.24, 2.45) is 0 Å². The molecule has 0 N–H and O–H groups in total. The average molecular weight is 334 g/mol. The molecule has 0 bridgehead atoms. The van der Waals surface area contributed by atoms with E-state index in [0.717, 1.165) is 16.7 Å². The fourth-order valence-electron chi connectivity index (χ4n) is 1.98. The summed E-state index contributed by atoms with van der Waals surface area (Å²) in [5.74, 6) is -0.250. The van der Waals surface area contributed by atoms with Gasteiger partial charge in [-0.3, -0.25) is 4.79 Å². The van der Waals surface area contributed by atoms with Crippen molar-refractivity contribution in [1.82, 2.24) is 0 Å². The molecule has 0 aromatic heterocycles. The van der Waals surface area contributed by atoms with Crippen LogP contribution < -0.4 is 0 Å². The van der Waals surface area contributed by atoms with Crippen molar-refractivity contribution in [1.29, 1.82) is 0 Å². The Morgan fingerprint density at radius 1 is 1.05 bits per heavy atom. The number of esters is 1. The fraction of sp³-hybridized carbons (Fsp3) is 0.105. The maximum atomic E-state index is 10.8. The smallest absolute Gasteiger partial charge is 0.462 e. The number of hydrogen-bond donors (Lipinski definition) is 0. The summed E-state index contributed by atoms with van der Waals surface area (Å²) in [6, 6.07) is 26.1. The Morgan fingerprint density at radius 3 is 2.27 bits per heavy atom. The van der Waals surface area contributed by atoms with E-state index in [4.69, 9.17) is 4.74 Å². The molecule has 0 aliphatic carbocycles. The summed E-state index contributed by atoms with van der Waals surface area (Å²) in [4.78, 5) is 10.8. The van der Waals surface area contributed by atoms with Crippen molar-refractivity contribution in [2.45, 2.75) is 13.5 Å². The molecular formula is C19H18FeO2. The number of benzene rings is 1. The monoisotopic (exact) mass is 334 g/mol. The van der Waals surface area contributed by atoms with Gasteiger partial charge in [0.25, 0.3) is 0 Å². The van der Waals surface area contributed by atoms with Gasteiger partial charge < -0.3 is 4.74 Å². The van der Waals surface area contributed by atoms with Crippen LogP contribution in [0.5, 0.6) is 0 Å². The number of rotatable bonds is 3. The van der Waals surface area contributed by atoms with Gasteiger partial charge in [-0.2, -0.15) is 24.3 Å². The molecule has 22 heavy (non-hydrogen) atoms. The first-order valence-corrected chi connectivity index (χ1v) is 6.87. The molecule has 0 aliphatic rings. The first-order valence-electron chi connectivity index (χ1n) is 6.87. The van der Waals surface area contributed by atoms with Crippen LogP contribution in [-0.2, 0) is 33.2 Å². The molecule has 0 amide bonds. The van der Waals surface area contributed by atoms with Crippen LogP contribution in [0.2, 0.25) is 0 Å². The van der Waals surface area contributed by atoms with E-state index in [1.165, 1.54) is 6.92 Å². The van der Waals surface area contributed by atoms with Crippen LogP contribution in [-0.4, -0.2) is 5.97 Å². The van der Waals surface area contributed by atoms with E-state index in [9.17, 15) is 4.79 Å². The molecule has 0 unspecified atom stereocenters. The van der Waals surface area contributed by atoms with E-state index in [0.29, 0.717) is 6.61 Å². The second-order valence-electron chi connectivity index (χ2n) is 4.57. The van der Waals surface area contributed by atoms with E-state index in [-0.39, 0.29) is 23.0 Å². The van der Waals surface area contributed by atoms with Crippen LogP contribution in [0, 0.1) is 0 Å². The predicted molar refractivity (Wildman–Crippen MR) is 85.0 cm³/mol. The van der Waals surface area contributed by atoms with E-state index in [1.54, 1.807) is 0 Å². The van der Waals surface area contributed by atoms with Crippen LogP contribution in [0.25, 0.3) is 11.1 Å². The molecule has 114 valence electrons. The summed E-state index contributed by atoms with van der Waals surface area (Å²) in [6.07, 6.45) is 0. The van der Waals surface area contributed by atoms with Crippen molar-refractivity contribution < 1.29 is 26.6 Å². The van der Waals surface area contributed by atoms with Crippen LogP contribution in [0.1, 0.15) is 12.5 Å². The third-order valence-electron chi connectivity index (χ3n) is 2.98. The molecular weight excluding hydrogens is 316 g/mol. The SMILES string of the molecule is CC(=O)OCc1ccc[c-]1-c1ccccc1.[Fe+2].c1cc[cH-]c1. The van der Waals surface area contributed by atoms with Gasteiger partial charge in [0, 0.05) is 6.92 Å². The zero-order valence-corrected chi connectivity index (χ0v) is 13.5. The minimum Gasteiger partial charge on any atom is -0.462 e. The summed E-state index contributed by atoms with van der Waals surface area (Å²) in [5, 5.41) is 0. The van der Waals surface area contributed by atoms with Gasteiger partial charge in [-0.25, -0.2) is 12.1 Å². The molecule has 0 saturated carbocycles. The van der Waals surface area contributed by atoms with Gasteiger partial charge in [-0.15, -0.1) is 29.8 Å². The van der Waals surface area contributed by atoms with Gasteiger partial charge in [0.1, 0.15) is 6.61 Å². The average Bonchev–Trinajstić information content (AvgIpc) is 3.20. The molecule has 0 aliphatic heterocycles. The molecule has 0 atom stereocenters. The standard InChI is InChI=1S/C14H13O2.C5H5.Fe/c1-11(15)16-10-13-8-5-9-14(13)12-6-3-2-4-7-12;1-2-4-5-3-1;/h2-9H,10H2,1H3;1-5H;/q2*-1;+2. The molecule has 0 fully saturated rings. The zero-order valence-electron chi connectivity index (χ0n) is 12.4. The maximum absolute atomic E-state index is 10.8. The third kappa shape index (κ3) is 5.72.